The fourth-order valence-electron chi connectivity index (χ4n) is 5.31. The highest BCUT2D eigenvalue weighted by Crippen LogP contribution is 2.32. The number of hydrogen-bond donors (Lipinski definition) is 1. The van der Waals surface area contributed by atoms with Gasteiger partial charge >= 0.3 is 0 Å². The SMILES string of the molecule is COc1ccc(CCC(=O)NC2CCN(C3CCN(C(=O)c4cc(Cl)c(Cl)c(Cl)c4)CC3)CC2)c(OC)c1. The average Bonchev–Trinajstić information content (AvgIpc) is 2.94. The standard InChI is InChI=1S/C28H34Cl3N3O4/c1-37-22-5-3-18(25(17-22)38-2)4-6-26(35)32-20-7-11-33(12-8-20)21-9-13-34(14-10-21)28(36)19-15-23(29)27(31)24(30)16-19/h3,5,15-17,20-21H,4,6-14H2,1-2H3,(H,32,35). The second-order valence-electron chi connectivity index (χ2n) is 9.83. The smallest absolute Gasteiger partial charge is 0.253 e. The molecule has 1 N–H and O–H groups in total. The van der Waals surface area contributed by atoms with Crippen LogP contribution < -0.4 is 14.8 Å². The van der Waals surface area contributed by atoms with Crippen molar-refractivity contribution in [2.45, 2.75) is 50.6 Å². The van der Waals surface area contributed by atoms with Gasteiger partial charge in [0.1, 0.15) is 11.5 Å². The normalized spacial score (nSPS) is 17.3. The molecule has 206 valence electrons. The molecule has 0 radical (unpaired) electrons. The second kappa shape index (κ2) is 13.2. The summed E-state index contributed by atoms with van der Waals surface area (Å²) in [5.74, 6) is 1.46. The van der Waals surface area contributed by atoms with Gasteiger partial charge < -0.3 is 24.6 Å². The van der Waals surface area contributed by atoms with Crippen LogP contribution in [0, 0.1) is 0 Å². The van der Waals surface area contributed by atoms with E-state index >= 15 is 0 Å². The van der Waals surface area contributed by atoms with Crippen LogP contribution >= 0.6 is 34.8 Å². The number of methoxy groups -OCH3 is 2. The van der Waals surface area contributed by atoms with E-state index in [1.54, 1.807) is 26.4 Å². The summed E-state index contributed by atoms with van der Waals surface area (Å²) >= 11 is 18.2. The Hall–Kier alpha value is -2.19. The third-order valence-corrected chi connectivity index (χ3v) is 8.71. The Kier molecular flexibility index (Phi) is 10.0. The molecule has 0 atom stereocenters. The van der Waals surface area contributed by atoms with Crippen LogP contribution in [0.2, 0.25) is 15.1 Å². The van der Waals surface area contributed by atoms with Crippen molar-refractivity contribution in [2.24, 2.45) is 0 Å². The van der Waals surface area contributed by atoms with E-state index in [0.717, 1.165) is 55.8 Å². The quantitative estimate of drug-likeness (QED) is 0.417. The Labute approximate surface area is 239 Å². The van der Waals surface area contributed by atoms with Gasteiger partial charge in [-0.1, -0.05) is 40.9 Å². The maximum atomic E-state index is 13.0. The van der Waals surface area contributed by atoms with E-state index in [2.05, 4.69) is 10.2 Å². The number of rotatable bonds is 8. The number of nitrogens with one attached hydrogen (secondary N) is 1. The first-order valence-corrected chi connectivity index (χ1v) is 14.1. The van der Waals surface area contributed by atoms with Gasteiger partial charge in [-0.05, 0) is 55.9 Å². The van der Waals surface area contributed by atoms with E-state index in [9.17, 15) is 9.59 Å². The van der Waals surface area contributed by atoms with Crippen molar-refractivity contribution in [3.63, 3.8) is 0 Å². The number of nitrogens with zero attached hydrogens (tertiary/aromatic N) is 2. The molecule has 0 aromatic heterocycles. The number of likely N-dealkylation sites (tertiary alicyclic amines) is 2. The van der Waals surface area contributed by atoms with Crippen molar-refractivity contribution in [1.29, 1.82) is 0 Å². The van der Waals surface area contributed by atoms with E-state index in [-0.39, 0.29) is 32.9 Å². The summed E-state index contributed by atoms with van der Waals surface area (Å²) in [6, 6.07) is 9.46. The molecule has 2 fully saturated rings. The molecule has 2 aromatic carbocycles. The van der Waals surface area contributed by atoms with Crippen LogP contribution in [-0.4, -0.2) is 74.1 Å². The van der Waals surface area contributed by atoms with Gasteiger partial charge in [0.05, 0.1) is 29.3 Å². The second-order valence-corrected chi connectivity index (χ2v) is 11.0. The molecule has 2 amide bonds. The first-order chi connectivity index (χ1) is 18.3. The van der Waals surface area contributed by atoms with Gasteiger partial charge in [-0.15, -0.1) is 0 Å². The van der Waals surface area contributed by atoms with E-state index < -0.39 is 0 Å². The lowest BCUT2D eigenvalue weighted by atomic mass is 9.97. The Morgan fingerprint density at radius 1 is 0.921 bits per heavy atom. The zero-order chi connectivity index (χ0) is 27.2. The molecule has 2 heterocycles. The lowest BCUT2D eigenvalue weighted by Crippen LogP contribution is -2.51. The van der Waals surface area contributed by atoms with Gasteiger partial charge in [0.15, 0.2) is 0 Å². The first-order valence-electron chi connectivity index (χ1n) is 13.0. The minimum Gasteiger partial charge on any atom is -0.497 e. The molecule has 4 rings (SSSR count). The predicted octanol–water partition coefficient (Wildman–Crippen LogP) is 5.48. The van der Waals surface area contributed by atoms with Crippen LogP contribution in [0.25, 0.3) is 0 Å². The highest BCUT2D eigenvalue weighted by atomic mass is 35.5. The molecule has 2 aliphatic rings. The van der Waals surface area contributed by atoms with Crippen molar-refractivity contribution < 1.29 is 19.1 Å². The first kappa shape index (κ1) is 28.8. The van der Waals surface area contributed by atoms with Crippen LogP contribution in [-0.2, 0) is 11.2 Å². The molecule has 0 saturated carbocycles. The lowest BCUT2D eigenvalue weighted by molar-refractivity contribution is -0.122. The summed E-state index contributed by atoms with van der Waals surface area (Å²) < 4.78 is 10.7. The maximum absolute atomic E-state index is 13.0. The Balaban J connectivity index is 1.19. The van der Waals surface area contributed by atoms with Gasteiger partial charge in [0.2, 0.25) is 5.91 Å². The number of ether oxygens (including phenoxy) is 2. The summed E-state index contributed by atoms with van der Waals surface area (Å²) in [6.07, 6.45) is 4.73. The number of benzene rings is 2. The van der Waals surface area contributed by atoms with Crippen molar-refractivity contribution >= 4 is 46.6 Å². The zero-order valence-electron chi connectivity index (χ0n) is 21.8. The van der Waals surface area contributed by atoms with E-state index in [0.29, 0.717) is 37.5 Å². The fraction of sp³-hybridized carbons (Fsp3) is 0.500. The van der Waals surface area contributed by atoms with Gasteiger partial charge in [0.25, 0.3) is 5.91 Å². The van der Waals surface area contributed by atoms with Crippen LogP contribution in [0.4, 0.5) is 0 Å². The number of carbonyl (C=O) groups excluding carboxylic acids is 2. The number of hydrogen-bond acceptors (Lipinski definition) is 5. The molecule has 38 heavy (non-hydrogen) atoms. The summed E-state index contributed by atoms with van der Waals surface area (Å²) in [7, 11) is 3.24. The molecule has 7 nitrogen and oxygen atoms in total. The summed E-state index contributed by atoms with van der Waals surface area (Å²) in [5.41, 5.74) is 1.45. The van der Waals surface area contributed by atoms with Crippen LogP contribution in [0.1, 0.15) is 48.0 Å². The Bertz CT molecular complexity index is 1120. The van der Waals surface area contributed by atoms with Crippen molar-refractivity contribution in [3.8, 4) is 11.5 Å². The molecular weight excluding hydrogens is 549 g/mol. The Morgan fingerprint density at radius 2 is 1.58 bits per heavy atom. The van der Waals surface area contributed by atoms with Gasteiger partial charge in [-0.25, -0.2) is 0 Å². The van der Waals surface area contributed by atoms with Gasteiger partial charge in [-0.2, -0.15) is 0 Å². The van der Waals surface area contributed by atoms with Gasteiger partial charge in [0, 0.05) is 56.3 Å². The minimum absolute atomic E-state index is 0.0653. The number of carbonyl (C=O) groups is 2. The van der Waals surface area contributed by atoms with E-state index in [4.69, 9.17) is 44.3 Å². The number of amides is 2. The largest absolute Gasteiger partial charge is 0.497 e. The van der Waals surface area contributed by atoms with Crippen molar-refractivity contribution in [3.05, 3.63) is 56.5 Å². The summed E-state index contributed by atoms with van der Waals surface area (Å²) in [5, 5.41) is 4.05. The molecule has 2 saturated heterocycles. The minimum atomic E-state index is -0.0717. The molecule has 0 aliphatic carbocycles. The zero-order valence-corrected chi connectivity index (χ0v) is 24.0. The molecule has 2 aliphatic heterocycles. The highest BCUT2D eigenvalue weighted by Gasteiger charge is 2.30. The lowest BCUT2D eigenvalue weighted by Gasteiger charge is -2.42. The van der Waals surface area contributed by atoms with Crippen LogP contribution in [0.15, 0.2) is 30.3 Å². The predicted molar refractivity (Wildman–Crippen MR) is 151 cm³/mol. The number of aryl methyl sites for hydroxylation is 1. The van der Waals surface area contributed by atoms with E-state index in [1.165, 1.54) is 0 Å². The molecule has 0 unspecified atom stereocenters. The molecule has 2 aromatic rings. The third kappa shape index (κ3) is 7.06. The Morgan fingerprint density at radius 3 is 2.18 bits per heavy atom. The molecule has 10 heteroatoms. The van der Waals surface area contributed by atoms with Crippen LogP contribution in [0.5, 0.6) is 11.5 Å². The summed E-state index contributed by atoms with van der Waals surface area (Å²) in [6.45, 7) is 3.26. The maximum Gasteiger partial charge on any atom is 0.253 e. The molecule has 0 spiro atoms. The number of piperidine rings is 2. The molecule has 0 bridgehead atoms. The van der Waals surface area contributed by atoms with Crippen LogP contribution in [0.3, 0.4) is 0 Å². The topological polar surface area (TPSA) is 71.1 Å². The highest BCUT2D eigenvalue weighted by molar-refractivity contribution is 6.48. The monoisotopic (exact) mass is 581 g/mol. The van der Waals surface area contributed by atoms with Gasteiger partial charge in [-0.3, -0.25) is 9.59 Å². The summed E-state index contributed by atoms with van der Waals surface area (Å²) in [4.78, 5) is 29.9. The van der Waals surface area contributed by atoms with E-state index in [1.807, 2.05) is 23.1 Å². The van der Waals surface area contributed by atoms with Crippen molar-refractivity contribution in [1.82, 2.24) is 15.1 Å². The van der Waals surface area contributed by atoms with Crippen molar-refractivity contribution in [2.75, 3.05) is 40.4 Å². The average molecular weight is 583 g/mol. The fourth-order valence-corrected chi connectivity index (χ4v) is 5.91. The third-order valence-electron chi connectivity index (χ3n) is 7.51. The molecular formula is C28H34Cl3N3O4. The number of halogens is 3.